The molecule has 7 nitrogen and oxygen atoms in total. The maximum atomic E-state index is 11.5. The van der Waals surface area contributed by atoms with E-state index in [1.54, 1.807) is 6.20 Å². The van der Waals surface area contributed by atoms with Gasteiger partial charge in [-0.2, -0.15) is 5.10 Å². The summed E-state index contributed by atoms with van der Waals surface area (Å²) >= 11 is 0. The van der Waals surface area contributed by atoms with Crippen molar-refractivity contribution in [2.24, 2.45) is 10.9 Å². The molecule has 0 bridgehead atoms. The summed E-state index contributed by atoms with van der Waals surface area (Å²) < 4.78 is 1.87. The molecular formula is C14H24N6O. The molecule has 21 heavy (non-hydrogen) atoms. The zero-order chi connectivity index (χ0) is 14.9. The van der Waals surface area contributed by atoms with Gasteiger partial charge in [-0.25, -0.2) is 0 Å². The van der Waals surface area contributed by atoms with Crippen molar-refractivity contribution in [1.82, 2.24) is 25.7 Å². The van der Waals surface area contributed by atoms with Crippen LogP contribution in [0, 0.1) is 5.92 Å². The Bertz CT molecular complexity index is 452. The van der Waals surface area contributed by atoms with Crippen LogP contribution in [0.2, 0.25) is 0 Å². The van der Waals surface area contributed by atoms with Gasteiger partial charge in [-0.15, -0.1) is 0 Å². The zero-order valence-corrected chi connectivity index (χ0v) is 12.5. The first-order valence-electron chi connectivity index (χ1n) is 7.57. The number of carbonyl (C=O) groups is 1. The lowest BCUT2D eigenvalue weighted by Crippen LogP contribution is -2.39. The number of guanidine groups is 1. The summed E-state index contributed by atoms with van der Waals surface area (Å²) in [6, 6.07) is 1.90. The Morgan fingerprint density at radius 3 is 2.86 bits per heavy atom. The average molecular weight is 292 g/mol. The van der Waals surface area contributed by atoms with Crippen LogP contribution in [0.15, 0.2) is 23.5 Å². The topological polar surface area (TPSA) is 83.3 Å². The molecule has 2 rings (SSSR count). The first kappa shape index (κ1) is 15.3. The monoisotopic (exact) mass is 292 g/mol. The molecule has 1 fully saturated rings. The van der Waals surface area contributed by atoms with E-state index >= 15 is 0 Å². The predicted octanol–water partition coefficient (Wildman–Crippen LogP) is -0.0356. The summed E-state index contributed by atoms with van der Waals surface area (Å²) in [5.74, 6) is 1.20. The fourth-order valence-corrected chi connectivity index (χ4v) is 1.90. The van der Waals surface area contributed by atoms with E-state index in [0.29, 0.717) is 13.1 Å². The summed E-state index contributed by atoms with van der Waals surface area (Å²) in [5.41, 5.74) is 0. The second-order valence-corrected chi connectivity index (χ2v) is 5.02. The number of aliphatic imine (C=N–C) groups is 1. The van der Waals surface area contributed by atoms with E-state index in [4.69, 9.17) is 0 Å². The SMILES string of the molecule is CCNC(=NCCNC(=O)C1CC1)NCCn1cccn1. The molecule has 0 saturated heterocycles. The molecule has 1 amide bonds. The minimum Gasteiger partial charge on any atom is -0.357 e. The molecule has 7 heteroatoms. The number of nitrogens with zero attached hydrogens (tertiary/aromatic N) is 3. The molecule has 1 saturated carbocycles. The van der Waals surface area contributed by atoms with Crippen molar-refractivity contribution in [2.75, 3.05) is 26.2 Å². The zero-order valence-electron chi connectivity index (χ0n) is 12.5. The third-order valence-electron chi connectivity index (χ3n) is 3.17. The summed E-state index contributed by atoms with van der Waals surface area (Å²) in [4.78, 5) is 15.9. The van der Waals surface area contributed by atoms with Gasteiger partial charge < -0.3 is 16.0 Å². The van der Waals surface area contributed by atoms with Gasteiger partial charge in [-0.1, -0.05) is 0 Å². The van der Waals surface area contributed by atoms with Crippen LogP contribution in [0.3, 0.4) is 0 Å². The lowest BCUT2D eigenvalue weighted by Gasteiger charge is -2.11. The van der Waals surface area contributed by atoms with Gasteiger partial charge in [0.1, 0.15) is 0 Å². The largest absolute Gasteiger partial charge is 0.357 e. The highest BCUT2D eigenvalue weighted by atomic mass is 16.2. The molecule has 1 aromatic rings. The number of hydrogen-bond acceptors (Lipinski definition) is 3. The fraction of sp³-hybridized carbons (Fsp3) is 0.643. The number of amides is 1. The highest BCUT2D eigenvalue weighted by Crippen LogP contribution is 2.28. The van der Waals surface area contributed by atoms with E-state index in [1.165, 1.54) is 0 Å². The highest BCUT2D eigenvalue weighted by Gasteiger charge is 2.28. The lowest BCUT2D eigenvalue weighted by atomic mass is 10.4. The van der Waals surface area contributed by atoms with E-state index in [1.807, 2.05) is 23.9 Å². The number of aromatic nitrogens is 2. The van der Waals surface area contributed by atoms with Gasteiger partial charge in [0.25, 0.3) is 0 Å². The summed E-state index contributed by atoms with van der Waals surface area (Å²) in [6.07, 6.45) is 5.76. The van der Waals surface area contributed by atoms with Gasteiger partial charge in [-0.05, 0) is 25.8 Å². The van der Waals surface area contributed by atoms with Crippen molar-refractivity contribution in [3.05, 3.63) is 18.5 Å². The summed E-state index contributed by atoms with van der Waals surface area (Å²) in [7, 11) is 0. The van der Waals surface area contributed by atoms with Crippen LogP contribution in [0.25, 0.3) is 0 Å². The Kier molecular flexibility index (Phi) is 6.05. The molecule has 1 aromatic heterocycles. The first-order chi connectivity index (χ1) is 10.3. The molecule has 0 atom stereocenters. The van der Waals surface area contributed by atoms with Crippen molar-refractivity contribution in [1.29, 1.82) is 0 Å². The van der Waals surface area contributed by atoms with Gasteiger partial charge in [-0.3, -0.25) is 14.5 Å². The van der Waals surface area contributed by atoms with Crippen molar-refractivity contribution in [2.45, 2.75) is 26.3 Å². The molecule has 3 N–H and O–H groups in total. The Labute approximate surface area is 125 Å². The minimum atomic E-state index is 0.168. The Balaban J connectivity index is 1.64. The van der Waals surface area contributed by atoms with Gasteiger partial charge in [0.15, 0.2) is 5.96 Å². The third-order valence-corrected chi connectivity index (χ3v) is 3.17. The van der Waals surface area contributed by atoms with Gasteiger partial charge in [0.2, 0.25) is 5.91 Å². The van der Waals surface area contributed by atoms with Gasteiger partial charge >= 0.3 is 0 Å². The van der Waals surface area contributed by atoms with Crippen molar-refractivity contribution < 1.29 is 4.79 Å². The number of hydrogen-bond donors (Lipinski definition) is 3. The molecule has 1 aliphatic carbocycles. The van der Waals surface area contributed by atoms with Gasteiger partial charge in [0.05, 0.1) is 13.1 Å². The number of nitrogens with one attached hydrogen (secondary N) is 3. The van der Waals surface area contributed by atoms with Crippen LogP contribution >= 0.6 is 0 Å². The molecule has 1 aliphatic rings. The van der Waals surface area contributed by atoms with E-state index in [0.717, 1.165) is 38.4 Å². The fourth-order valence-electron chi connectivity index (χ4n) is 1.90. The Morgan fingerprint density at radius 1 is 1.33 bits per heavy atom. The standard InChI is InChI=1S/C14H24N6O/c1-2-15-14(18-9-11-20-10-3-6-19-20)17-8-7-16-13(21)12-4-5-12/h3,6,10,12H,2,4-5,7-9,11H2,1H3,(H,16,21)(H2,15,17,18). The quantitative estimate of drug-likeness (QED) is 0.357. The predicted molar refractivity (Wildman–Crippen MR) is 81.9 cm³/mol. The molecule has 1 heterocycles. The second-order valence-electron chi connectivity index (χ2n) is 5.02. The van der Waals surface area contributed by atoms with Crippen LogP contribution in [-0.2, 0) is 11.3 Å². The highest BCUT2D eigenvalue weighted by molar-refractivity contribution is 5.81. The molecule has 116 valence electrons. The van der Waals surface area contributed by atoms with E-state index in [2.05, 4.69) is 26.0 Å². The maximum Gasteiger partial charge on any atom is 0.223 e. The molecule has 0 radical (unpaired) electrons. The first-order valence-corrected chi connectivity index (χ1v) is 7.57. The lowest BCUT2D eigenvalue weighted by molar-refractivity contribution is -0.122. The smallest absolute Gasteiger partial charge is 0.223 e. The summed E-state index contributed by atoms with van der Waals surface area (Å²) in [6.45, 7) is 5.54. The van der Waals surface area contributed by atoms with Crippen LogP contribution < -0.4 is 16.0 Å². The second kappa shape index (κ2) is 8.28. The summed E-state index contributed by atoms with van der Waals surface area (Å²) in [5, 5.41) is 13.5. The van der Waals surface area contributed by atoms with Crippen molar-refractivity contribution in [3.8, 4) is 0 Å². The van der Waals surface area contributed by atoms with E-state index in [9.17, 15) is 4.79 Å². The number of carbonyl (C=O) groups excluding carboxylic acids is 1. The minimum absolute atomic E-state index is 0.168. The van der Waals surface area contributed by atoms with Crippen molar-refractivity contribution >= 4 is 11.9 Å². The molecule has 0 spiro atoms. The molecule has 0 aliphatic heterocycles. The average Bonchev–Trinajstić information content (AvgIpc) is 3.21. The maximum absolute atomic E-state index is 11.5. The van der Waals surface area contributed by atoms with Crippen LogP contribution in [0.1, 0.15) is 19.8 Å². The number of rotatable bonds is 8. The third kappa shape index (κ3) is 5.85. The Hall–Kier alpha value is -2.05. The van der Waals surface area contributed by atoms with Crippen molar-refractivity contribution in [3.63, 3.8) is 0 Å². The molecular weight excluding hydrogens is 268 g/mol. The normalized spacial score (nSPS) is 14.8. The van der Waals surface area contributed by atoms with E-state index < -0.39 is 0 Å². The van der Waals surface area contributed by atoms with Crippen LogP contribution in [-0.4, -0.2) is 47.8 Å². The van der Waals surface area contributed by atoms with Crippen LogP contribution in [0.5, 0.6) is 0 Å². The van der Waals surface area contributed by atoms with E-state index in [-0.39, 0.29) is 11.8 Å². The Morgan fingerprint density at radius 2 is 2.19 bits per heavy atom. The van der Waals surface area contributed by atoms with Crippen LogP contribution in [0.4, 0.5) is 0 Å². The van der Waals surface area contributed by atoms with Gasteiger partial charge in [0, 0.05) is 37.9 Å². The molecule has 0 aromatic carbocycles. The molecule has 0 unspecified atom stereocenters.